The summed E-state index contributed by atoms with van der Waals surface area (Å²) in [6.45, 7) is 2.70. The van der Waals surface area contributed by atoms with Gasteiger partial charge in [0.25, 0.3) is 0 Å². The fourth-order valence-electron chi connectivity index (χ4n) is 3.71. The monoisotopic (exact) mass is 377 g/mol. The molecule has 3 aromatic rings. The first kappa shape index (κ1) is 18.3. The second kappa shape index (κ2) is 7.48. The summed E-state index contributed by atoms with van der Waals surface area (Å²) in [5, 5.41) is 7.16. The first-order valence-electron chi connectivity index (χ1n) is 9.38. The number of aromatic amines is 1. The zero-order valence-electron chi connectivity index (χ0n) is 16.0. The average Bonchev–Trinajstić information content (AvgIpc) is 2.97. The van der Waals surface area contributed by atoms with Gasteiger partial charge in [0.2, 0.25) is 5.91 Å². The SMILES string of the molecule is COc1ccc(NC(=O)CC2NCCc3c([nH]c4ccc(C)cc34)C2=O)cc1. The Hall–Kier alpha value is -3.12. The van der Waals surface area contributed by atoms with Gasteiger partial charge in [-0.05, 0) is 61.9 Å². The van der Waals surface area contributed by atoms with Crippen LogP contribution >= 0.6 is 0 Å². The molecule has 1 amide bonds. The standard InChI is InChI=1S/C22H23N3O3/c1-13-3-8-18-17(11-13)16-9-10-23-19(22(27)21(16)25-18)12-20(26)24-14-4-6-15(28-2)7-5-14/h3-8,11,19,23,25H,9-10,12H2,1-2H3,(H,24,26). The summed E-state index contributed by atoms with van der Waals surface area (Å²) in [4.78, 5) is 28.8. The number of carbonyl (C=O) groups excluding carboxylic acids is 2. The van der Waals surface area contributed by atoms with E-state index >= 15 is 0 Å². The Morgan fingerprint density at radius 1 is 1.21 bits per heavy atom. The predicted octanol–water partition coefficient (Wildman–Crippen LogP) is 3.21. The quantitative estimate of drug-likeness (QED) is 0.652. The average molecular weight is 377 g/mol. The molecule has 1 aromatic heterocycles. The Balaban J connectivity index is 1.51. The van der Waals surface area contributed by atoms with Crippen LogP contribution < -0.4 is 15.4 Å². The van der Waals surface area contributed by atoms with E-state index in [0.717, 1.165) is 34.2 Å². The van der Waals surface area contributed by atoms with E-state index in [1.54, 1.807) is 31.4 Å². The first-order chi connectivity index (χ1) is 13.5. The normalized spacial score (nSPS) is 16.5. The molecular formula is C22H23N3O3. The molecular weight excluding hydrogens is 354 g/mol. The maximum Gasteiger partial charge on any atom is 0.226 e. The topological polar surface area (TPSA) is 83.2 Å². The number of benzene rings is 2. The number of H-pyrrole nitrogens is 1. The van der Waals surface area contributed by atoms with Crippen molar-refractivity contribution in [2.24, 2.45) is 0 Å². The van der Waals surface area contributed by atoms with Crippen LogP contribution in [0.3, 0.4) is 0 Å². The van der Waals surface area contributed by atoms with Crippen LogP contribution in [-0.4, -0.2) is 36.4 Å². The van der Waals surface area contributed by atoms with Crippen molar-refractivity contribution < 1.29 is 14.3 Å². The van der Waals surface area contributed by atoms with E-state index in [9.17, 15) is 9.59 Å². The Bertz CT molecular complexity index is 1040. The van der Waals surface area contributed by atoms with Crippen LogP contribution in [0, 0.1) is 6.92 Å². The summed E-state index contributed by atoms with van der Waals surface area (Å²) >= 11 is 0. The van der Waals surface area contributed by atoms with Crippen molar-refractivity contribution in [2.75, 3.05) is 19.0 Å². The van der Waals surface area contributed by atoms with Crippen molar-refractivity contribution in [3.05, 3.63) is 59.3 Å². The molecule has 0 saturated heterocycles. The van der Waals surface area contributed by atoms with Gasteiger partial charge in [0.1, 0.15) is 5.75 Å². The summed E-state index contributed by atoms with van der Waals surface area (Å²) in [5.74, 6) is 0.456. The number of aromatic nitrogens is 1. The van der Waals surface area contributed by atoms with Gasteiger partial charge in [0, 0.05) is 23.0 Å². The maximum absolute atomic E-state index is 13.1. The molecule has 0 radical (unpaired) electrons. The third kappa shape index (κ3) is 3.51. The second-order valence-electron chi connectivity index (χ2n) is 7.13. The lowest BCUT2D eigenvalue weighted by molar-refractivity contribution is -0.116. The number of aryl methyl sites for hydroxylation is 1. The van der Waals surface area contributed by atoms with Gasteiger partial charge in [-0.15, -0.1) is 0 Å². The number of rotatable bonds is 4. The number of Topliss-reactive ketones (excluding diaryl/α,β-unsaturated/α-hetero) is 1. The number of nitrogens with one attached hydrogen (secondary N) is 3. The number of fused-ring (bicyclic) bond motifs is 3. The molecule has 0 spiro atoms. The minimum absolute atomic E-state index is 0.0637. The van der Waals surface area contributed by atoms with E-state index in [4.69, 9.17) is 4.74 Å². The summed E-state index contributed by atoms with van der Waals surface area (Å²) < 4.78 is 5.12. The number of ketones is 1. The van der Waals surface area contributed by atoms with Gasteiger partial charge < -0.3 is 20.4 Å². The van der Waals surface area contributed by atoms with Gasteiger partial charge in [-0.25, -0.2) is 0 Å². The van der Waals surface area contributed by atoms with E-state index in [1.165, 1.54) is 0 Å². The summed E-state index contributed by atoms with van der Waals surface area (Å²) in [6, 6.07) is 12.7. The lowest BCUT2D eigenvalue weighted by atomic mass is 10.0. The zero-order valence-corrected chi connectivity index (χ0v) is 16.0. The van der Waals surface area contributed by atoms with Crippen molar-refractivity contribution in [1.82, 2.24) is 10.3 Å². The van der Waals surface area contributed by atoms with Gasteiger partial charge in [-0.2, -0.15) is 0 Å². The Morgan fingerprint density at radius 3 is 2.75 bits per heavy atom. The summed E-state index contributed by atoms with van der Waals surface area (Å²) in [7, 11) is 1.59. The molecule has 28 heavy (non-hydrogen) atoms. The largest absolute Gasteiger partial charge is 0.497 e. The molecule has 144 valence electrons. The van der Waals surface area contributed by atoms with Crippen molar-refractivity contribution in [1.29, 1.82) is 0 Å². The van der Waals surface area contributed by atoms with Crippen molar-refractivity contribution >= 4 is 28.3 Å². The highest BCUT2D eigenvalue weighted by atomic mass is 16.5. The molecule has 0 aliphatic carbocycles. The van der Waals surface area contributed by atoms with Crippen molar-refractivity contribution in [3.63, 3.8) is 0 Å². The molecule has 0 fully saturated rings. The number of carbonyl (C=O) groups is 2. The van der Waals surface area contributed by atoms with E-state index in [1.807, 2.05) is 19.1 Å². The van der Waals surface area contributed by atoms with E-state index in [-0.39, 0.29) is 18.1 Å². The predicted molar refractivity (Wildman–Crippen MR) is 109 cm³/mol. The summed E-state index contributed by atoms with van der Waals surface area (Å²) in [6.07, 6.45) is 0.833. The molecule has 0 bridgehead atoms. The molecule has 2 heterocycles. The second-order valence-corrected chi connectivity index (χ2v) is 7.13. The number of methoxy groups -OCH3 is 1. The molecule has 1 aliphatic heterocycles. The fourth-order valence-corrected chi connectivity index (χ4v) is 3.71. The Labute approximate surface area is 163 Å². The van der Waals surface area contributed by atoms with Crippen LogP contribution in [0.1, 0.15) is 28.0 Å². The molecule has 1 atom stereocenters. The highest BCUT2D eigenvalue weighted by Crippen LogP contribution is 2.27. The molecule has 6 heteroatoms. The molecule has 1 aliphatic rings. The highest BCUT2D eigenvalue weighted by Gasteiger charge is 2.29. The van der Waals surface area contributed by atoms with Crippen LogP contribution in [0.4, 0.5) is 5.69 Å². The van der Waals surface area contributed by atoms with Crippen LogP contribution in [-0.2, 0) is 11.2 Å². The number of hydrogen-bond acceptors (Lipinski definition) is 4. The Morgan fingerprint density at radius 2 is 2.00 bits per heavy atom. The van der Waals surface area contributed by atoms with Gasteiger partial charge in [0.15, 0.2) is 5.78 Å². The molecule has 6 nitrogen and oxygen atoms in total. The van der Waals surface area contributed by atoms with Gasteiger partial charge >= 0.3 is 0 Å². The van der Waals surface area contributed by atoms with Crippen LogP contribution in [0.25, 0.3) is 10.9 Å². The van der Waals surface area contributed by atoms with Gasteiger partial charge in [-0.3, -0.25) is 9.59 Å². The van der Waals surface area contributed by atoms with Crippen molar-refractivity contribution in [3.8, 4) is 5.75 Å². The number of hydrogen-bond donors (Lipinski definition) is 3. The van der Waals surface area contributed by atoms with E-state index in [2.05, 4.69) is 21.7 Å². The fraction of sp³-hybridized carbons (Fsp3) is 0.273. The van der Waals surface area contributed by atoms with Gasteiger partial charge in [-0.1, -0.05) is 11.6 Å². The highest BCUT2D eigenvalue weighted by molar-refractivity contribution is 6.07. The molecule has 1 unspecified atom stereocenters. The number of amides is 1. The lowest BCUT2D eigenvalue weighted by Gasteiger charge is -2.14. The molecule has 0 saturated carbocycles. The van der Waals surface area contributed by atoms with E-state index in [0.29, 0.717) is 17.9 Å². The number of anilines is 1. The molecule has 3 N–H and O–H groups in total. The first-order valence-corrected chi connectivity index (χ1v) is 9.38. The smallest absolute Gasteiger partial charge is 0.226 e. The summed E-state index contributed by atoms with van der Waals surface area (Å²) in [5.41, 5.74) is 4.46. The molecule has 2 aromatic carbocycles. The minimum atomic E-state index is -0.548. The molecule has 4 rings (SSSR count). The minimum Gasteiger partial charge on any atom is -0.497 e. The van der Waals surface area contributed by atoms with Crippen LogP contribution in [0.15, 0.2) is 42.5 Å². The zero-order chi connectivity index (χ0) is 19.7. The maximum atomic E-state index is 13.1. The van der Waals surface area contributed by atoms with Gasteiger partial charge in [0.05, 0.1) is 18.8 Å². The Kier molecular flexibility index (Phi) is 4.88. The lowest BCUT2D eigenvalue weighted by Crippen LogP contribution is -2.39. The number of ether oxygens (including phenoxy) is 1. The van der Waals surface area contributed by atoms with Crippen LogP contribution in [0.5, 0.6) is 5.75 Å². The van der Waals surface area contributed by atoms with Crippen LogP contribution in [0.2, 0.25) is 0 Å². The van der Waals surface area contributed by atoms with E-state index < -0.39 is 6.04 Å². The third-order valence-corrected chi connectivity index (χ3v) is 5.15. The third-order valence-electron chi connectivity index (χ3n) is 5.15. The van der Waals surface area contributed by atoms with Crippen molar-refractivity contribution in [2.45, 2.75) is 25.8 Å².